The number of amidine groups is 1. The van der Waals surface area contributed by atoms with E-state index in [2.05, 4.69) is 79.3 Å². The van der Waals surface area contributed by atoms with Crippen molar-refractivity contribution in [2.45, 2.75) is 53.0 Å². The molecule has 0 bridgehead atoms. The Bertz CT molecular complexity index is 2140. The Morgan fingerprint density at radius 1 is 1.02 bits per heavy atom. The van der Waals surface area contributed by atoms with Crippen LogP contribution in [0, 0.1) is 12.7 Å². The molecule has 2 aromatic carbocycles. The third kappa shape index (κ3) is 9.41. The lowest BCUT2D eigenvalue weighted by Gasteiger charge is -2.49. The molecule has 7 rings (SSSR count). The van der Waals surface area contributed by atoms with Crippen LogP contribution in [0.25, 0.3) is 0 Å². The molecule has 0 atom stereocenters. The Morgan fingerprint density at radius 2 is 1.80 bits per heavy atom. The zero-order chi connectivity index (χ0) is 41.8. The number of hydrogen-bond acceptors (Lipinski definition) is 9. The van der Waals surface area contributed by atoms with Gasteiger partial charge in [0.1, 0.15) is 24.0 Å². The molecule has 3 amide bonds. The normalized spacial score (nSPS) is 20.9. The fourth-order valence-corrected chi connectivity index (χ4v) is 8.58. The molecule has 5 heterocycles. The summed E-state index contributed by atoms with van der Waals surface area (Å²) in [7, 11) is 0. The molecular formula is C46H58FN9O3. The van der Waals surface area contributed by atoms with Crippen molar-refractivity contribution < 1.29 is 18.7 Å². The minimum atomic E-state index is -0.362. The molecule has 5 aliphatic rings. The summed E-state index contributed by atoms with van der Waals surface area (Å²) < 4.78 is 21.2. The molecule has 5 aliphatic heterocycles. The Hall–Kier alpha value is -5.82. The fraction of sp³-hybridized carbons (Fsp3) is 0.413. The number of halogens is 1. The van der Waals surface area contributed by atoms with Gasteiger partial charge in [0.05, 0.1) is 5.70 Å². The molecule has 4 fully saturated rings. The first-order valence-electron chi connectivity index (χ1n) is 20.7. The van der Waals surface area contributed by atoms with Gasteiger partial charge in [-0.05, 0) is 98.4 Å². The molecule has 0 spiro atoms. The van der Waals surface area contributed by atoms with Crippen LogP contribution in [0.3, 0.4) is 0 Å². The third-order valence-electron chi connectivity index (χ3n) is 12.1. The van der Waals surface area contributed by atoms with E-state index in [-0.39, 0.29) is 17.8 Å². The predicted octanol–water partition coefficient (Wildman–Crippen LogP) is 6.43. The van der Waals surface area contributed by atoms with Crippen molar-refractivity contribution in [2.24, 2.45) is 4.99 Å². The summed E-state index contributed by atoms with van der Waals surface area (Å²) in [6.07, 6.45) is 5.34. The zero-order valence-electron chi connectivity index (χ0n) is 35.0. The Morgan fingerprint density at radius 3 is 2.47 bits per heavy atom. The van der Waals surface area contributed by atoms with E-state index in [1.54, 1.807) is 4.90 Å². The van der Waals surface area contributed by atoms with Gasteiger partial charge in [-0.1, -0.05) is 25.8 Å². The van der Waals surface area contributed by atoms with Crippen molar-refractivity contribution in [3.05, 3.63) is 125 Å². The summed E-state index contributed by atoms with van der Waals surface area (Å²) in [5.74, 6) is 1.07. The van der Waals surface area contributed by atoms with Crippen LogP contribution in [-0.4, -0.2) is 111 Å². The highest BCUT2D eigenvalue weighted by atomic mass is 19.1. The second-order valence-corrected chi connectivity index (χ2v) is 16.0. The number of hydrogen-bond donors (Lipinski definition) is 3. The standard InChI is InChI=1S/C46H58FN9O3/c1-8-42(33(5)45-34(6)59-22-15-48-45)54-16-13-37(31(3)27-54)26-49-35(7)50-38-10-9-36(41(47)25-38)24-32(4)52-18-20-53(21-19-52)40-28-55(29-40)39-11-12-43(30(2)23-39)56-17-14-44(57)51-46(56)58/h8-12,23,25-26,40,48H,1,3-4,13-22,24,27-29H2,2,5-7H3,(H,49,50)(H,51,57,58)/b37-26-,42-33+. The summed E-state index contributed by atoms with van der Waals surface area (Å²) >= 11 is 0. The molecular weight excluding hydrogens is 746 g/mol. The molecule has 13 heteroatoms. The van der Waals surface area contributed by atoms with Crippen molar-refractivity contribution in [1.29, 1.82) is 0 Å². The number of piperazine rings is 1. The van der Waals surface area contributed by atoms with Gasteiger partial charge in [0.25, 0.3) is 0 Å². The maximum atomic E-state index is 15.4. The van der Waals surface area contributed by atoms with Gasteiger partial charge in [-0.2, -0.15) is 0 Å². The molecule has 0 aliphatic carbocycles. The van der Waals surface area contributed by atoms with Crippen LogP contribution >= 0.6 is 0 Å². The maximum Gasteiger partial charge on any atom is 0.328 e. The highest BCUT2D eigenvalue weighted by molar-refractivity contribution is 6.06. The first-order valence-corrected chi connectivity index (χ1v) is 20.7. The van der Waals surface area contributed by atoms with Crippen molar-refractivity contribution in [2.75, 3.05) is 87.2 Å². The summed E-state index contributed by atoms with van der Waals surface area (Å²) in [6, 6.07) is 11.5. The maximum absolute atomic E-state index is 15.4. The predicted molar refractivity (Wildman–Crippen MR) is 235 cm³/mol. The molecule has 12 nitrogen and oxygen atoms in total. The average Bonchev–Trinajstić information content (AvgIpc) is 3.19. The summed E-state index contributed by atoms with van der Waals surface area (Å²) in [5, 5.41) is 9.12. The van der Waals surface area contributed by atoms with E-state index in [1.807, 2.05) is 51.2 Å². The lowest BCUT2D eigenvalue weighted by molar-refractivity contribution is -0.120. The van der Waals surface area contributed by atoms with Crippen molar-refractivity contribution >= 4 is 34.8 Å². The summed E-state index contributed by atoms with van der Waals surface area (Å²) in [6.45, 7) is 29.6. The highest BCUT2D eigenvalue weighted by Gasteiger charge is 2.34. The fourth-order valence-electron chi connectivity index (χ4n) is 8.58. The molecule has 2 aromatic rings. The quantitative estimate of drug-likeness (QED) is 0.135. The van der Waals surface area contributed by atoms with Crippen LogP contribution in [0.4, 0.5) is 26.2 Å². The number of amides is 3. The van der Waals surface area contributed by atoms with Crippen LogP contribution in [0.1, 0.15) is 44.7 Å². The van der Waals surface area contributed by atoms with Gasteiger partial charge in [-0.25, -0.2) is 14.2 Å². The van der Waals surface area contributed by atoms with Crippen LogP contribution < -0.4 is 25.8 Å². The monoisotopic (exact) mass is 803 g/mol. The van der Waals surface area contributed by atoms with Crippen LogP contribution in [0.15, 0.2) is 113 Å². The number of urea groups is 1. The molecule has 312 valence electrons. The first kappa shape index (κ1) is 41.3. The van der Waals surface area contributed by atoms with Crippen LogP contribution in [-0.2, 0) is 16.0 Å². The number of likely N-dealkylation sites (tertiary alicyclic amines) is 1. The van der Waals surface area contributed by atoms with Crippen molar-refractivity contribution in [3.63, 3.8) is 0 Å². The molecule has 4 saturated heterocycles. The van der Waals surface area contributed by atoms with Crippen molar-refractivity contribution in [3.8, 4) is 0 Å². The van der Waals surface area contributed by atoms with Gasteiger partial charge in [0.2, 0.25) is 5.91 Å². The van der Waals surface area contributed by atoms with Crippen molar-refractivity contribution in [1.82, 2.24) is 25.3 Å². The summed E-state index contributed by atoms with van der Waals surface area (Å²) in [5.41, 5.74) is 10.5. The van der Waals surface area contributed by atoms with Gasteiger partial charge in [0.15, 0.2) is 0 Å². The van der Waals surface area contributed by atoms with Crippen LogP contribution in [0.5, 0.6) is 0 Å². The number of ether oxygens (including phenoxy) is 1. The van der Waals surface area contributed by atoms with Gasteiger partial charge < -0.3 is 30.1 Å². The highest BCUT2D eigenvalue weighted by Crippen LogP contribution is 2.32. The molecule has 0 unspecified atom stereocenters. The number of carbonyl (C=O) groups excluding carboxylic acids is 2. The molecule has 59 heavy (non-hydrogen) atoms. The number of imide groups is 1. The molecule has 0 saturated carbocycles. The number of anilines is 3. The largest absolute Gasteiger partial charge is 0.494 e. The molecule has 0 radical (unpaired) electrons. The Labute approximate surface area is 348 Å². The van der Waals surface area contributed by atoms with E-state index in [0.29, 0.717) is 55.7 Å². The van der Waals surface area contributed by atoms with E-state index in [9.17, 15) is 9.59 Å². The zero-order valence-corrected chi connectivity index (χ0v) is 35.0. The smallest absolute Gasteiger partial charge is 0.328 e. The van der Waals surface area contributed by atoms with E-state index in [0.717, 1.165) is 115 Å². The van der Waals surface area contributed by atoms with Gasteiger partial charge >= 0.3 is 6.03 Å². The number of piperidine rings is 1. The van der Waals surface area contributed by atoms with Gasteiger partial charge in [0, 0.05) is 119 Å². The second-order valence-electron chi connectivity index (χ2n) is 16.0. The topological polar surface area (TPSA) is 108 Å². The number of benzene rings is 2. The van der Waals surface area contributed by atoms with Crippen LogP contribution in [0.2, 0.25) is 0 Å². The number of carbonyl (C=O) groups is 2. The minimum absolute atomic E-state index is 0.230. The van der Waals surface area contributed by atoms with E-state index >= 15 is 4.39 Å². The average molecular weight is 804 g/mol. The molecule has 0 aromatic heterocycles. The number of nitrogens with zero attached hydrogens (tertiary/aromatic N) is 6. The number of rotatable bonds is 11. The minimum Gasteiger partial charge on any atom is -0.494 e. The molecule has 3 N–H and O–H groups in total. The Balaban J connectivity index is 0.852. The first-order chi connectivity index (χ1) is 28.4. The Kier molecular flexibility index (Phi) is 12.6. The number of allylic oxidation sites excluding steroid dienone is 4. The number of aryl methyl sites for hydroxylation is 1. The number of nitrogens with one attached hydrogen (secondary N) is 3. The van der Waals surface area contributed by atoms with E-state index < -0.39 is 0 Å². The lowest BCUT2D eigenvalue weighted by atomic mass is 9.98. The van der Waals surface area contributed by atoms with E-state index in [1.165, 1.54) is 6.07 Å². The summed E-state index contributed by atoms with van der Waals surface area (Å²) in [4.78, 5) is 39.7. The second kappa shape index (κ2) is 18.0. The third-order valence-corrected chi connectivity index (χ3v) is 12.1. The SMILES string of the molecule is C=C/C(=C(/C)C1=C(C)OCCN1)N1CC/C(=C/N=C(C)Nc2ccc(CC(=C)N3CCN(C4CN(c5ccc(N6CCC(=O)NC6=O)c(C)c5)C4)CC3)c(F)c2)C(=C)C1. The van der Waals surface area contributed by atoms with Gasteiger partial charge in [-0.15, -0.1) is 0 Å². The number of aliphatic imine (C=N–C) groups is 1. The lowest BCUT2D eigenvalue weighted by Crippen LogP contribution is -2.63. The van der Waals surface area contributed by atoms with Gasteiger partial charge in [-0.3, -0.25) is 19.9 Å². The van der Waals surface area contributed by atoms with E-state index in [4.69, 9.17) is 4.74 Å².